The Morgan fingerprint density at radius 3 is 0.768 bits per heavy atom. The molecule has 69 heavy (non-hydrogen) atoms. The highest BCUT2D eigenvalue weighted by Crippen LogP contribution is 1.99. The molecule has 31 heteroatoms. The summed E-state index contributed by atoms with van der Waals surface area (Å²) < 4.78 is 14.9. The molecule has 0 aromatic carbocycles. The summed E-state index contributed by atoms with van der Waals surface area (Å²) in [4.78, 5) is 136. The third-order valence-corrected chi connectivity index (χ3v) is 7.77. The normalized spacial score (nSPS) is 10.7. The lowest BCUT2D eigenvalue weighted by Crippen LogP contribution is -2.43. The lowest BCUT2D eigenvalue weighted by Gasteiger charge is -2.23. The number of ketones is 1. The zero-order valence-corrected chi connectivity index (χ0v) is 37.5. The van der Waals surface area contributed by atoms with Gasteiger partial charge in [-0.2, -0.15) is 0 Å². The molecule has 0 radical (unpaired) electrons. The fraction of sp³-hybridized carbons (Fsp3) is 0.684. The summed E-state index contributed by atoms with van der Waals surface area (Å²) in [6.45, 7) is -1.83. The zero-order valence-electron chi connectivity index (χ0n) is 37.5. The monoisotopic (exact) mass is 1010 g/mol. The molecule has 0 unspecified atom stereocenters. The number of carboxylic acids is 10. The van der Waals surface area contributed by atoms with E-state index in [1.54, 1.807) is 0 Å². The van der Waals surface area contributed by atoms with Crippen LogP contribution in [0.2, 0.25) is 0 Å². The first-order chi connectivity index (χ1) is 31.6. The molecule has 0 atom stereocenters. The summed E-state index contributed by atoms with van der Waals surface area (Å²) in [5, 5.41) is 86.9. The van der Waals surface area contributed by atoms with Crippen LogP contribution in [0.25, 0.3) is 0 Å². The van der Waals surface area contributed by atoms with Crippen LogP contribution in [0, 0.1) is 0 Å². The fourth-order valence-electron chi connectivity index (χ4n) is 5.27. The van der Waals surface area contributed by atoms with E-state index in [4.69, 9.17) is 60.5 Å². The summed E-state index contributed by atoms with van der Waals surface area (Å²) in [6, 6.07) is 0. The van der Waals surface area contributed by atoms with Gasteiger partial charge >= 0.3 is 65.7 Å². The van der Waals surface area contributed by atoms with Crippen molar-refractivity contribution in [2.24, 2.45) is 0 Å². The Labute approximate surface area is 395 Å². The van der Waals surface area contributed by atoms with E-state index in [1.807, 2.05) is 0 Å². The number of carboxylic acid groups (broad SMARTS) is 10. The lowest BCUT2D eigenvalue weighted by atomic mass is 10.3. The molecule has 0 fully saturated rings. The van der Waals surface area contributed by atoms with Crippen molar-refractivity contribution >= 4 is 71.4 Å². The van der Waals surface area contributed by atoms with E-state index in [1.165, 1.54) is 38.5 Å². The molecule has 0 saturated carbocycles. The van der Waals surface area contributed by atoms with Gasteiger partial charge in [0.25, 0.3) is 0 Å². The Morgan fingerprint density at radius 1 is 0.319 bits per heavy atom. The molecule has 0 aliphatic heterocycles. The van der Waals surface area contributed by atoms with Crippen LogP contribution in [0.15, 0.2) is 0 Å². The van der Waals surface area contributed by atoms with Crippen molar-refractivity contribution in [1.82, 2.24) is 29.4 Å². The van der Waals surface area contributed by atoms with Gasteiger partial charge in [0.05, 0.1) is 112 Å². The van der Waals surface area contributed by atoms with E-state index < -0.39 is 118 Å². The molecular weight excluding hydrogens is 940 g/mol. The molecule has 0 heterocycles. The van der Waals surface area contributed by atoms with Gasteiger partial charge in [0, 0.05) is 39.3 Å². The van der Waals surface area contributed by atoms with Crippen LogP contribution in [0.4, 0.5) is 0 Å². The molecular formula is C38H66N6O25. The number of nitrogens with zero attached hydrogens (tertiary/aromatic N) is 6. The number of carbonyl (C=O) groups is 12. The second-order valence-corrected chi connectivity index (χ2v) is 14.1. The highest BCUT2D eigenvalue weighted by atomic mass is 16.5. The first kappa shape index (κ1) is 69.1. The van der Waals surface area contributed by atoms with E-state index >= 15 is 0 Å². The molecule has 0 rings (SSSR count). The molecule has 0 spiro atoms. The molecule has 0 bridgehead atoms. The SMILES string of the molecule is C.CC(=O)CN(CCN(CC(=O)O)CC(=O)O)CC(=O)O.COC(=O)CN(CCCN(CC(=O)O)CC(=O)O)CC(=O)O.O=C(O)CN(CCOCCOCCN(CC(=O)O)CC(=O)O)CC(=O)O. The Kier molecular flexibility index (Phi) is 41.7. The van der Waals surface area contributed by atoms with E-state index in [0.29, 0.717) is 6.42 Å². The number of Topliss-reactive ketones (excluding diaryl/α,β-unsaturated/α-hetero) is 1. The van der Waals surface area contributed by atoms with Gasteiger partial charge in [-0.25, -0.2) is 0 Å². The number of aliphatic carboxylic acids is 10. The zero-order chi connectivity index (χ0) is 52.8. The van der Waals surface area contributed by atoms with Crippen LogP contribution in [0.5, 0.6) is 0 Å². The van der Waals surface area contributed by atoms with Gasteiger partial charge in [-0.05, 0) is 13.3 Å². The number of rotatable bonds is 40. The van der Waals surface area contributed by atoms with Gasteiger partial charge in [-0.15, -0.1) is 0 Å². The van der Waals surface area contributed by atoms with E-state index in [-0.39, 0.29) is 105 Å². The summed E-state index contributed by atoms with van der Waals surface area (Å²) in [5.74, 6) is -12.3. The molecule has 0 aromatic rings. The number of carbonyl (C=O) groups excluding carboxylic acids is 2. The maximum atomic E-state index is 11.2. The number of esters is 1. The third kappa shape index (κ3) is 50.8. The first-order valence-electron chi connectivity index (χ1n) is 19.9. The van der Waals surface area contributed by atoms with Crippen LogP contribution in [-0.2, 0) is 71.7 Å². The second kappa shape index (κ2) is 41.7. The van der Waals surface area contributed by atoms with Crippen LogP contribution in [0.1, 0.15) is 20.8 Å². The fourth-order valence-corrected chi connectivity index (χ4v) is 5.27. The second-order valence-electron chi connectivity index (χ2n) is 14.1. The highest BCUT2D eigenvalue weighted by molar-refractivity contribution is 5.79. The van der Waals surface area contributed by atoms with Crippen molar-refractivity contribution in [2.75, 3.05) is 151 Å². The van der Waals surface area contributed by atoms with Crippen molar-refractivity contribution in [3.05, 3.63) is 0 Å². The minimum atomic E-state index is -1.18. The van der Waals surface area contributed by atoms with E-state index in [0.717, 1.165) is 4.90 Å². The predicted molar refractivity (Wildman–Crippen MR) is 231 cm³/mol. The summed E-state index contributed by atoms with van der Waals surface area (Å²) >= 11 is 0. The van der Waals surface area contributed by atoms with Gasteiger partial charge in [0.1, 0.15) is 5.78 Å². The van der Waals surface area contributed by atoms with Gasteiger partial charge in [-0.1, -0.05) is 7.43 Å². The van der Waals surface area contributed by atoms with Crippen LogP contribution in [0.3, 0.4) is 0 Å². The Balaban J connectivity index is -0.000000460. The lowest BCUT2D eigenvalue weighted by molar-refractivity contribution is -0.145. The van der Waals surface area contributed by atoms with Crippen LogP contribution >= 0.6 is 0 Å². The minimum absolute atomic E-state index is 0. The van der Waals surface area contributed by atoms with Crippen molar-refractivity contribution in [3.63, 3.8) is 0 Å². The van der Waals surface area contributed by atoms with Gasteiger partial charge in [0.2, 0.25) is 0 Å². The van der Waals surface area contributed by atoms with Crippen molar-refractivity contribution in [3.8, 4) is 0 Å². The standard InChI is InChI=1S/C14H24N2O10.C12H20N2O8.C11H18N2O7.CH4/c17-11(18)7-15(8-12(19)20)1-3-25-5-6-26-4-2-16(9-13(21)22)10-14(23)24;1-22-12(21)8-14(7-11(19)20)4-2-3-13(5-9(15)16)6-10(17)18;1-8(14)4-12(5-9(15)16)2-3-13(6-10(17)18)7-11(19)20;/h1-10H2,(H,17,18)(H,19,20)(H,21,22)(H,23,24);2-8H2,1H3,(H,15,16)(H,17,18)(H,19,20);2-7H2,1H3,(H,15,16)(H,17,18)(H,19,20);1H4. The molecule has 0 saturated heterocycles. The summed E-state index contributed by atoms with van der Waals surface area (Å²) in [7, 11) is 1.18. The van der Waals surface area contributed by atoms with Gasteiger partial charge < -0.3 is 65.3 Å². The van der Waals surface area contributed by atoms with Crippen LogP contribution < -0.4 is 0 Å². The van der Waals surface area contributed by atoms with Gasteiger partial charge in [0.15, 0.2) is 0 Å². The van der Waals surface area contributed by atoms with Crippen molar-refractivity contribution < 1.29 is 123 Å². The Morgan fingerprint density at radius 2 is 0.536 bits per heavy atom. The van der Waals surface area contributed by atoms with Crippen LogP contribution in [-0.4, -0.2) is 303 Å². The highest BCUT2D eigenvalue weighted by Gasteiger charge is 2.19. The molecule has 31 nitrogen and oxygen atoms in total. The molecule has 398 valence electrons. The number of hydrogen-bond donors (Lipinski definition) is 10. The number of methoxy groups -OCH3 is 1. The maximum absolute atomic E-state index is 11.2. The largest absolute Gasteiger partial charge is 0.480 e. The molecule has 0 aliphatic rings. The smallest absolute Gasteiger partial charge is 0.319 e. The average Bonchev–Trinajstić information content (AvgIpc) is 3.15. The predicted octanol–water partition coefficient (Wildman–Crippen LogP) is -4.56. The molecule has 0 aromatic heterocycles. The average molecular weight is 1010 g/mol. The number of hydrogen-bond acceptors (Lipinski definition) is 21. The minimum Gasteiger partial charge on any atom is -0.480 e. The van der Waals surface area contributed by atoms with E-state index in [2.05, 4.69) is 4.74 Å². The maximum Gasteiger partial charge on any atom is 0.319 e. The van der Waals surface area contributed by atoms with E-state index in [9.17, 15) is 57.5 Å². The summed E-state index contributed by atoms with van der Waals surface area (Å²) in [5.41, 5.74) is 0. The quantitative estimate of drug-likeness (QED) is 0.0204. The van der Waals surface area contributed by atoms with Crippen molar-refractivity contribution in [2.45, 2.75) is 20.8 Å². The molecule has 0 aliphatic carbocycles. The van der Waals surface area contributed by atoms with Gasteiger partial charge in [-0.3, -0.25) is 86.9 Å². The molecule has 0 amide bonds. The first-order valence-corrected chi connectivity index (χ1v) is 19.9. The third-order valence-electron chi connectivity index (χ3n) is 7.77. The summed E-state index contributed by atoms with van der Waals surface area (Å²) in [6.07, 6.45) is 0.310. The Bertz CT molecular complexity index is 1480. The number of ether oxygens (including phenoxy) is 3. The Hall–Kier alpha value is -6.48. The topological polar surface area (TPSA) is 454 Å². The van der Waals surface area contributed by atoms with Crippen molar-refractivity contribution in [1.29, 1.82) is 0 Å². The molecule has 10 N–H and O–H groups in total.